The van der Waals surface area contributed by atoms with Crippen LogP contribution < -0.4 is 11.5 Å². The third kappa shape index (κ3) is 10.4. The van der Waals surface area contributed by atoms with Gasteiger partial charge in [0, 0.05) is 0 Å². The molecule has 0 aliphatic rings. The molecule has 0 radical (unpaired) electrons. The van der Waals surface area contributed by atoms with Gasteiger partial charge in [-0.1, -0.05) is 0 Å². The third-order valence-corrected chi connectivity index (χ3v) is 3.64. The number of nitrogens with two attached hydrogens (primary N) is 2. The Bertz CT molecular complexity index is 532. The largest absolute Gasteiger partial charge is 0.353 e. The first kappa shape index (κ1) is 20.0. The highest BCUT2D eigenvalue weighted by Gasteiger charge is 2.25. The van der Waals surface area contributed by atoms with Gasteiger partial charge in [0.25, 0.3) is 32.6 Å². The van der Waals surface area contributed by atoms with Gasteiger partial charge in [-0.2, -0.15) is 16.8 Å². The van der Waals surface area contributed by atoms with Crippen LogP contribution in [0.3, 0.4) is 0 Å². The normalized spacial score (nSPS) is 15.0. The van der Waals surface area contributed by atoms with Gasteiger partial charge in [0.05, 0.1) is 0 Å². The summed E-state index contributed by atoms with van der Waals surface area (Å²) in [6.07, 6.45) is 0. The molecule has 0 saturated carbocycles. The predicted octanol–water partition coefficient (Wildman–Crippen LogP) is -2.93. The second kappa shape index (κ2) is 7.87. The lowest BCUT2D eigenvalue weighted by molar-refractivity contribution is -0.137. The lowest BCUT2D eigenvalue weighted by Gasteiger charge is -2.09. The van der Waals surface area contributed by atoms with Crippen molar-refractivity contribution < 1.29 is 43.9 Å². The fourth-order valence-corrected chi connectivity index (χ4v) is 2.39. The van der Waals surface area contributed by atoms with E-state index in [1.807, 2.05) is 0 Å². The Hall–Kier alpha value is -0.970. The number of hydrogen-bond donors (Lipinski definition) is 4. The van der Waals surface area contributed by atoms with E-state index in [9.17, 15) is 26.4 Å². The number of hydrogen-bond acceptors (Lipinski definition) is 11. The molecule has 0 aliphatic heterocycles. The SMILES string of the molecule is N[C@@H](CS(=O)(=O)O)C(=O)OSOC(=O)[C@@H](N)CS(=O)(=O)O. The number of rotatable bonds is 8. The molecule has 0 saturated heterocycles. The summed E-state index contributed by atoms with van der Waals surface area (Å²) in [7, 11) is -9.00. The molecular formula is C6H12N2O10S3. The van der Waals surface area contributed by atoms with Crippen molar-refractivity contribution >= 4 is 44.5 Å². The lowest BCUT2D eigenvalue weighted by atomic mass is 10.4. The van der Waals surface area contributed by atoms with Crippen molar-refractivity contribution in [1.82, 2.24) is 0 Å². The van der Waals surface area contributed by atoms with Gasteiger partial charge in [0.15, 0.2) is 0 Å². The summed E-state index contributed by atoms with van der Waals surface area (Å²) < 4.78 is 66.9. The minimum atomic E-state index is -4.50. The third-order valence-electron chi connectivity index (χ3n) is 1.62. The molecule has 21 heavy (non-hydrogen) atoms. The van der Waals surface area contributed by atoms with Gasteiger partial charge in [-0.15, -0.1) is 0 Å². The number of carbonyl (C=O) groups is 2. The molecule has 15 heteroatoms. The van der Waals surface area contributed by atoms with Crippen LogP contribution in [0.25, 0.3) is 0 Å². The highest BCUT2D eigenvalue weighted by molar-refractivity contribution is 7.90. The van der Waals surface area contributed by atoms with Crippen LogP contribution in [0.2, 0.25) is 0 Å². The maximum atomic E-state index is 11.1. The van der Waals surface area contributed by atoms with E-state index in [-0.39, 0.29) is 12.3 Å². The van der Waals surface area contributed by atoms with Gasteiger partial charge in [-0.3, -0.25) is 9.11 Å². The van der Waals surface area contributed by atoms with Crippen LogP contribution in [0.4, 0.5) is 0 Å². The Morgan fingerprint density at radius 3 is 1.43 bits per heavy atom. The molecule has 0 aromatic carbocycles. The van der Waals surface area contributed by atoms with E-state index in [0.717, 1.165) is 0 Å². The van der Waals surface area contributed by atoms with E-state index in [1.54, 1.807) is 0 Å². The topological polar surface area (TPSA) is 213 Å². The van der Waals surface area contributed by atoms with Crippen molar-refractivity contribution in [2.75, 3.05) is 11.5 Å². The van der Waals surface area contributed by atoms with Gasteiger partial charge >= 0.3 is 11.9 Å². The Kier molecular flexibility index (Phi) is 7.51. The van der Waals surface area contributed by atoms with Crippen LogP contribution in [0.1, 0.15) is 0 Å². The minimum absolute atomic E-state index is 0.234. The molecule has 0 aliphatic carbocycles. The summed E-state index contributed by atoms with van der Waals surface area (Å²) in [5, 5.41) is 0. The second-order valence-electron chi connectivity index (χ2n) is 3.58. The minimum Gasteiger partial charge on any atom is -0.353 e. The van der Waals surface area contributed by atoms with Crippen molar-refractivity contribution in [3.8, 4) is 0 Å². The average Bonchev–Trinajstić information content (AvgIpc) is 2.23. The smallest absolute Gasteiger partial charge is 0.338 e. The zero-order valence-corrected chi connectivity index (χ0v) is 12.6. The first-order valence-corrected chi connectivity index (χ1v) is 8.70. The van der Waals surface area contributed by atoms with Crippen LogP contribution in [-0.4, -0.2) is 61.5 Å². The van der Waals surface area contributed by atoms with Crippen molar-refractivity contribution in [2.24, 2.45) is 11.5 Å². The van der Waals surface area contributed by atoms with Gasteiger partial charge in [0.2, 0.25) is 0 Å². The molecule has 0 spiro atoms. The number of carbonyl (C=O) groups excluding carboxylic acids is 2. The molecule has 0 unspecified atom stereocenters. The summed E-state index contributed by atoms with van der Waals surface area (Å²) in [6.45, 7) is 0. The lowest BCUT2D eigenvalue weighted by Crippen LogP contribution is -2.39. The van der Waals surface area contributed by atoms with Crippen LogP contribution in [0, 0.1) is 0 Å². The van der Waals surface area contributed by atoms with E-state index < -0.39 is 55.8 Å². The molecular weight excluding hydrogens is 356 g/mol. The van der Waals surface area contributed by atoms with Crippen molar-refractivity contribution in [1.29, 1.82) is 0 Å². The van der Waals surface area contributed by atoms with E-state index >= 15 is 0 Å². The molecule has 0 heterocycles. The molecule has 0 amide bonds. The van der Waals surface area contributed by atoms with E-state index in [2.05, 4.69) is 8.37 Å². The molecule has 124 valence electrons. The fraction of sp³-hybridized carbons (Fsp3) is 0.667. The van der Waals surface area contributed by atoms with Crippen LogP contribution in [0.15, 0.2) is 0 Å². The molecule has 0 rings (SSSR count). The van der Waals surface area contributed by atoms with E-state index in [1.165, 1.54) is 0 Å². The summed E-state index contributed by atoms with van der Waals surface area (Å²) in [5.74, 6) is -4.87. The predicted molar refractivity (Wildman–Crippen MR) is 68.6 cm³/mol. The standard InChI is InChI=1S/C6H12N2O10S3/c7-3(1-20(11,12)13)5(9)17-19-18-6(10)4(8)2-21(14,15)16/h3-4H,1-2,7-8H2,(H,11,12,13)(H,14,15,16)/t3-,4-/m0/s1. The summed E-state index contributed by atoms with van der Waals surface area (Å²) in [6, 6.07) is -3.45. The van der Waals surface area contributed by atoms with Crippen LogP contribution in [0.5, 0.6) is 0 Å². The molecule has 12 nitrogen and oxygen atoms in total. The molecule has 0 aromatic rings. The quantitative estimate of drug-likeness (QED) is 0.249. The fourth-order valence-electron chi connectivity index (χ4n) is 0.798. The van der Waals surface area contributed by atoms with Gasteiger partial charge < -0.3 is 19.8 Å². The van der Waals surface area contributed by atoms with Gasteiger partial charge in [-0.05, 0) is 0 Å². The van der Waals surface area contributed by atoms with Crippen LogP contribution >= 0.6 is 12.3 Å². The summed E-state index contributed by atoms with van der Waals surface area (Å²) >= 11 is -0.234. The van der Waals surface area contributed by atoms with Crippen molar-refractivity contribution in [2.45, 2.75) is 12.1 Å². The molecule has 0 bridgehead atoms. The van der Waals surface area contributed by atoms with E-state index in [4.69, 9.17) is 20.6 Å². The maximum Gasteiger partial charge on any atom is 0.338 e. The Labute approximate surface area is 124 Å². The van der Waals surface area contributed by atoms with E-state index in [0.29, 0.717) is 0 Å². The zero-order chi connectivity index (χ0) is 16.8. The monoisotopic (exact) mass is 368 g/mol. The summed E-state index contributed by atoms with van der Waals surface area (Å²) in [5.41, 5.74) is 10.1. The van der Waals surface area contributed by atoms with Crippen molar-refractivity contribution in [3.05, 3.63) is 0 Å². The average molecular weight is 368 g/mol. The molecule has 0 fully saturated rings. The van der Waals surface area contributed by atoms with Gasteiger partial charge in [0.1, 0.15) is 23.6 Å². The second-order valence-corrected chi connectivity index (χ2v) is 7.05. The highest BCUT2D eigenvalue weighted by atomic mass is 32.2. The Morgan fingerprint density at radius 1 is 0.905 bits per heavy atom. The first-order valence-electron chi connectivity index (χ1n) is 4.82. The zero-order valence-electron chi connectivity index (χ0n) is 10.1. The Morgan fingerprint density at radius 2 is 1.19 bits per heavy atom. The first-order chi connectivity index (χ1) is 9.32. The molecule has 2 atom stereocenters. The van der Waals surface area contributed by atoms with Gasteiger partial charge in [-0.25, -0.2) is 9.59 Å². The van der Waals surface area contributed by atoms with Crippen LogP contribution in [-0.2, 0) is 38.2 Å². The highest BCUT2D eigenvalue weighted by Crippen LogP contribution is 2.08. The Balaban J connectivity index is 4.20. The molecule has 6 N–H and O–H groups in total. The maximum absolute atomic E-state index is 11.1. The summed E-state index contributed by atoms with van der Waals surface area (Å²) in [4.78, 5) is 22.2. The van der Waals surface area contributed by atoms with Crippen molar-refractivity contribution in [3.63, 3.8) is 0 Å². The molecule has 0 aromatic heterocycles.